The molecular weight excluding hydrogens is 242 g/mol. The molecule has 0 saturated heterocycles. The summed E-state index contributed by atoms with van der Waals surface area (Å²) in [5.41, 5.74) is 0. The van der Waals surface area contributed by atoms with Crippen molar-refractivity contribution in [3.8, 4) is 11.8 Å². The zero-order chi connectivity index (χ0) is 14.2. The average molecular weight is 269 g/mol. The molecule has 0 radical (unpaired) electrons. The van der Waals surface area contributed by atoms with Gasteiger partial charge in [-0.15, -0.1) is 0 Å². The SMILES string of the molecule is CCCOCCCC(=O)C#CCNCCOCCC. The van der Waals surface area contributed by atoms with Crippen LogP contribution in [-0.4, -0.2) is 45.3 Å². The smallest absolute Gasteiger partial charge is 0.205 e. The third-order valence-corrected chi connectivity index (χ3v) is 2.25. The highest BCUT2D eigenvalue weighted by Gasteiger charge is 1.96. The molecule has 4 heteroatoms. The van der Waals surface area contributed by atoms with Gasteiger partial charge in [-0.2, -0.15) is 0 Å². The summed E-state index contributed by atoms with van der Waals surface area (Å²) in [5.74, 6) is 5.44. The topological polar surface area (TPSA) is 47.6 Å². The molecule has 1 N–H and O–H groups in total. The predicted octanol–water partition coefficient (Wildman–Crippen LogP) is 1.78. The highest BCUT2D eigenvalue weighted by Crippen LogP contribution is 1.92. The third-order valence-electron chi connectivity index (χ3n) is 2.25. The van der Waals surface area contributed by atoms with Gasteiger partial charge in [0.25, 0.3) is 0 Å². The van der Waals surface area contributed by atoms with Gasteiger partial charge in [-0.05, 0) is 25.2 Å². The van der Waals surface area contributed by atoms with Crippen molar-refractivity contribution in [2.75, 3.05) is 39.5 Å². The molecule has 0 spiro atoms. The predicted molar refractivity (Wildman–Crippen MR) is 77.1 cm³/mol. The second kappa shape index (κ2) is 15.2. The van der Waals surface area contributed by atoms with Crippen LogP contribution in [0.5, 0.6) is 0 Å². The van der Waals surface area contributed by atoms with Gasteiger partial charge in [-0.1, -0.05) is 19.8 Å². The van der Waals surface area contributed by atoms with Crippen LogP contribution in [0, 0.1) is 11.8 Å². The molecule has 0 aromatic carbocycles. The Bertz CT molecular complexity index is 268. The molecular formula is C15H27NO3. The zero-order valence-electron chi connectivity index (χ0n) is 12.3. The van der Waals surface area contributed by atoms with Crippen molar-refractivity contribution in [3.05, 3.63) is 0 Å². The lowest BCUT2D eigenvalue weighted by Crippen LogP contribution is -2.20. The van der Waals surface area contributed by atoms with Gasteiger partial charge in [0.2, 0.25) is 5.78 Å². The number of hydrogen-bond acceptors (Lipinski definition) is 4. The van der Waals surface area contributed by atoms with Crippen molar-refractivity contribution < 1.29 is 14.3 Å². The van der Waals surface area contributed by atoms with Crippen LogP contribution in [0.4, 0.5) is 0 Å². The summed E-state index contributed by atoms with van der Waals surface area (Å²) in [5, 5.41) is 3.11. The Kier molecular flexibility index (Phi) is 14.5. The Morgan fingerprint density at radius 2 is 1.74 bits per heavy atom. The van der Waals surface area contributed by atoms with E-state index in [0.29, 0.717) is 26.2 Å². The van der Waals surface area contributed by atoms with E-state index in [2.05, 4.69) is 31.0 Å². The summed E-state index contributed by atoms with van der Waals surface area (Å²) >= 11 is 0. The average Bonchev–Trinajstić information content (AvgIpc) is 2.41. The number of ketones is 1. The number of carbonyl (C=O) groups is 1. The Balaban J connectivity index is 3.33. The van der Waals surface area contributed by atoms with E-state index in [0.717, 1.165) is 39.0 Å². The van der Waals surface area contributed by atoms with Crippen molar-refractivity contribution >= 4 is 5.78 Å². The molecule has 0 amide bonds. The van der Waals surface area contributed by atoms with Crippen molar-refractivity contribution in [2.24, 2.45) is 0 Å². The summed E-state index contributed by atoms with van der Waals surface area (Å²) in [4.78, 5) is 11.4. The Morgan fingerprint density at radius 1 is 1.05 bits per heavy atom. The van der Waals surface area contributed by atoms with Crippen LogP contribution in [0.3, 0.4) is 0 Å². The van der Waals surface area contributed by atoms with Crippen molar-refractivity contribution in [3.63, 3.8) is 0 Å². The molecule has 0 aromatic heterocycles. The Morgan fingerprint density at radius 3 is 2.42 bits per heavy atom. The van der Waals surface area contributed by atoms with Gasteiger partial charge in [0.15, 0.2) is 0 Å². The summed E-state index contributed by atoms with van der Waals surface area (Å²) < 4.78 is 10.6. The van der Waals surface area contributed by atoms with Gasteiger partial charge >= 0.3 is 0 Å². The van der Waals surface area contributed by atoms with Gasteiger partial charge in [-0.25, -0.2) is 0 Å². The Labute approximate surface area is 117 Å². The number of Topliss-reactive ketones (excluding diaryl/α,β-unsaturated/α-hetero) is 1. The standard InChI is InChI=1S/C15H27NO3/c1-3-11-18-13-6-8-15(17)7-5-9-16-10-14-19-12-4-2/h16H,3-4,6,8-14H2,1-2H3. The maximum atomic E-state index is 11.4. The second-order valence-electron chi connectivity index (χ2n) is 4.23. The van der Waals surface area contributed by atoms with E-state index in [1.165, 1.54) is 0 Å². The molecule has 0 saturated carbocycles. The van der Waals surface area contributed by atoms with Crippen LogP contribution in [-0.2, 0) is 14.3 Å². The van der Waals surface area contributed by atoms with Crippen molar-refractivity contribution in [2.45, 2.75) is 39.5 Å². The van der Waals surface area contributed by atoms with Crippen LogP contribution in [0.15, 0.2) is 0 Å². The molecule has 0 bridgehead atoms. The molecule has 0 aliphatic carbocycles. The van der Waals surface area contributed by atoms with Crippen LogP contribution in [0.2, 0.25) is 0 Å². The third kappa shape index (κ3) is 15.1. The van der Waals surface area contributed by atoms with Crippen LogP contribution in [0.25, 0.3) is 0 Å². The fourth-order valence-corrected chi connectivity index (χ4v) is 1.33. The van der Waals surface area contributed by atoms with Gasteiger partial charge in [0, 0.05) is 32.8 Å². The normalized spacial score (nSPS) is 10.0. The van der Waals surface area contributed by atoms with E-state index in [9.17, 15) is 4.79 Å². The quantitative estimate of drug-likeness (QED) is 0.333. The summed E-state index contributed by atoms with van der Waals surface area (Å²) in [7, 11) is 0. The fourth-order valence-electron chi connectivity index (χ4n) is 1.33. The fraction of sp³-hybridized carbons (Fsp3) is 0.800. The molecule has 110 valence electrons. The highest BCUT2D eigenvalue weighted by molar-refractivity contribution is 5.95. The molecule has 0 heterocycles. The lowest BCUT2D eigenvalue weighted by Gasteiger charge is -2.01. The first-order valence-corrected chi connectivity index (χ1v) is 7.19. The van der Waals surface area contributed by atoms with E-state index in [-0.39, 0.29) is 5.78 Å². The molecule has 0 aliphatic rings. The van der Waals surface area contributed by atoms with E-state index in [1.54, 1.807) is 0 Å². The van der Waals surface area contributed by atoms with Crippen molar-refractivity contribution in [1.82, 2.24) is 5.32 Å². The minimum atomic E-state index is -0.0101. The van der Waals surface area contributed by atoms with Crippen molar-refractivity contribution in [1.29, 1.82) is 0 Å². The van der Waals surface area contributed by atoms with Crippen LogP contribution >= 0.6 is 0 Å². The molecule has 0 unspecified atom stereocenters. The lowest BCUT2D eigenvalue weighted by molar-refractivity contribution is -0.114. The largest absolute Gasteiger partial charge is 0.381 e. The summed E-state index contributed by atoms with van der Waals surface area (Å²) in [6, 6.07) is 0. The van der Waals surface area contributed by atoms with E-state index >= 15 is 0 Å². The molecule has 0 rings (SSSR count). The van der Waals surface area contributed by atoms with E-state index < -0.39 is 0 Å². The molecule has 19 heavy (non-hydrogen) atoms. The Hall–Kier alpha value is -0.890. The first-order valence-electron chi connectivity index (χ1n) is 7.19. The maximum Gasteiger partial charge on any atom is 0.205 e. The van der Waals surface area contributed by atoms with E-state index in [4.69, 9.17) is 9.47 Å². The zero-order valence-corrected chi connectivity index (χ0v) is 12.3. The van der Waals surface area contributed by atoms with Crippen LogP contribution < -0.4 is 5.32 Å². The van der Waals surface area contributed by atoms with Crippen LogP contribution in [0.1, 0.15) is 39.5 Å². The molecule has 4 nitrogen and oxygen atoms in total. The summed E-state index contributed by atoms with van der Waals surface area (Å²) in [6.07, 6.45) is 3.29. The molecule has 0 fully saturated rings. The number of nitrogens with one attached hydrogen (secondary N) is 1. The maximum absolute atomic E-state index is 11.4. The second-order valence-corrected chi connectivity index (χ2v) is 4.23. The van der Waals surface area contributed by atoms with Gasteiger partial charge < -0.3 is 14.8 Å². The minimum Gasteiger partial charge on any atom is -0.381 e. The van der Waals surface area contributed by atoms with Gasteiger partial charge in [-0.3, -0.25) is 4.79 Å². The summed E-state index contributed by atoms with van der Waals surface area (Å²) in [6.45, 7) is 8.36. The molecule has 0 aliphatic heterocycles. The first kappa shape index (κ1) is 18.1. The number of ether oxygens (including phenoxy) is 2. The number of rotatable bonds is 12. The number of carbonyl (C=O) groups excluding carboxylic acids is 1. The first-order chi connectivity index (χ1) is 9.31. The number of hydrogen-bond donors (Lipinski definition) is 1. The highest BCUT2D eigenvalue weighted by atomic mass is 16.5. The minimum absolute atomic E-state index is 0.0101. The van der Waals surface area contributed by atoms with Gasteiger partial charge in [0.05, 0.1) is 13.2 Å². The molecule has 0 aromatic rings. The lowest BCUT2D eigenvalue weighted by atomic mass is 10.2. The monoisotopic (exact) mass is 269 g/mol. The molecule has 0 atom stereocenters. The van der Waals surface area contributed by atoms with Gasteiger partial charge in [0.1, 0.15) is 0 Å². The van der Waals surface area contributed by atoms with E-state index in [1.807, 2.05) is 0 Å².